The van der Waals surface area contributed by atoms with E-state index in [0.717, 1.165) is 27.6 Å². The molecule has 0 amide bonds. The maximum absolute atomic E-state index is 12.8. The van der Waals surface area contributed by atoms with Crippen molar-refractivity contribution >= 4 is 22.5 Å². The molecule has 6 N–H and O–H groups in total. The van der Waals surface area contributed by atoms with Crippen LogP contribution in [-0.4, -0.2) is 34.7 Å². The number of fused-ring (bicyclic) bond motifs is 1. The number of halogens is 1. The van der Waals surface area contributed by atoms with Crippen molar-refractivity contribution in [1.29, 1.82) is 0 Å². The molecule has 0 bridgehead atoms. The smallest absolute Gasteiger partial charge is 0.251 e. The molecule has 39 heavy (non-hydrogen) atoms. The largest absolute Gasteiger partial charge is 0.403 e. The van der Waals surface area contributed by atoms with Gasteiger partial charge in [0.1, 0.15) is 0 Å². The molecule has 0 radical (unpaired) electrons. The average molecular weight is 544 g/mol. The van der Waals surface area contributed by atoms with Crippen LogP contribution in [0, 0.1) is 0 Å². The van der Waals surface area contributed by atoms with E-state index in [1.54, 1.807) is 41.9 Å². The predicted molar refractivity (Wildman–Crippen MR) is 160 cm³/mol. The number of nitrogens with one attached hydrogen (secondary N) is 1. The first-order valence-electron chi connectivity index (χ1n) is 12.6. The van der Waals surface area contributed by atoms with Gasteiger partial charge in [-0.3, -0.25) is 4.79 Å². The Labute approximate surface area is 233 Å². The number of likely N-dealkylation sites (N-methyl/N-ethyl adjacent to an activating group) is 1. The van der Waals surface area contributed by atoms with Gasteiger partial charge in [-0.2, -0.15) is 0 Å². The van der Waals surface area contributed by atoms with Crippen LogP contribution in [0.25, 0.3) is 22.0 Å². The van der Waals surface area contributed by atoms with Gasteiger partial charge in [-0.1, -0.05) is 60.6 Å². The lowest BCUT2D eigenvalue weighted by Gasteiger charge is -2.36. The average Bonchev–Trinajstić information content (AvgIpc) is 2.95. The number of aryl methyl sites for hydroxylation is 1. The summed E-state index contributed by atoms with van der Waals surface area (Å²) in [5, 5.41) is 17.2. The third-order valence-electron chi connectivity index (χ3n) is 7.00. The van der Waals surface area contributed by atoms with Crippen LogP contribution in [0.4, 0.5) is 0 Å². The fourth-order valence-electron chi connectivity index (χ4n) is 4.83. The predicted octanol–water partition coefficient (Wildman–Crippen LogP) is 4.02. The Morgan fingerprint density at radius 3 is 2.49 bits per heavy atom. The van der Waals surface area contributed by atoms with Crippen LogP contribution < -0.4 is 22.3 Å². The highest BCUT2D eigenvalue weighted by atomic mass is 35.5. The lowest BCUT2D eigenvalue weighted by atomic mass is 9.81. The molecule has 7 nitrogen and oxygen atoms in total. The van der Waals surface area contributed by atoms with Crippen LogP contribution in [0.3, 0.4) is 0 Å². The summed E-state index contributed by atoms with van der Waals surface area (Å²) in [6.45, 7) is 5.80. The molecule has 1 atom stereocenters. The number of aliphatic hydroxyl groups is 1. The van der Waals surface area contributed by atoms with E-state index in [9.17, 15) is 9.90 Å². The SMILES string of the molecule is C=CN(C)/C(=C\N)C(O)(c1ccc(CNCCN)cc1)c1ccc2c(c1)c(-c1cccc(Cl)c1)cc(=O)n2C. The highest BCUT2D eigenvalue weighted by Crippen LogP contribution is 2.40. The summed E-state index contributed by atoms with van der Waals surface area (Å²) in [7, 11) is 3.51. The van der Waals surface area contributed by atoms with E-state index in [4.69, 9.17) is 23.1 Å². The minimum Gasteiger partial charge on any atom is -0.403 e. The van der Waals surface area contributed by atoms with Crippen molar-refractivity contribution in [2.75, 3.05) is 20.1 Å². The van der Waals surface area contributed by atoms with Crippen molar-refractivity contribution in [2.45, 2.75) is 12.1 Å². The molecular formula is C31H34ClN5O2. The normalized spacial score (nSPS) is 13.3. The summed E-state index contributed by atoms with van der Waals surface area (Å²) in [6.07, 6.45) is 2.98. The van der Waals surface area contributed by atoms with Gasteiger partial charge in [0.05, 0.1) is 11.2 Å². The molecule has 3 aromatic carbocycles. The lowest BCUT2D eigenvalue weighted by molar-refractivity contribution is 0.0968. The van der Waals surface area contributed by atoms with Gasteiger partial charge in [0.25, 0.3) is 5.56 Å². The first kappa shape index (κ1) is 28.1. The van der Waals surface area contributed by atoms with Crippen LogP contribution in [-0.2, 0) is 19.2 Å². The molecule has 4 rings (SSSR count). The Hall–Kier alpha value is -3.88. The molecule has 0 saturated heterocycles. The zero-order valence-corrected chi connectivity index (χ0v) is 22.9. The minimum atomic E-state index is -1.63. The third-order valence-corrected chi connectivity index (χ3v) is 7.24. The summed E-state index contributed by atoms with van der Waals surface area (Å²) >= 11 is 6.29. The number of pyridine rings is 1. The summed E-state index contributed by atoms with van der Waals surface area (Å²) in [5.74, 6) is 0. The molecule has 202 valence electrons. The number of rotatable bonds is 10. The van der Waals surface area contributed by atoms with E-state index in [2.05, 4.69) is 11.9 Å². The number of hydrogen-bond acceptors (Lipinski definition) is 6. The van der Waals surface area contributed by atoms with Gasteiger partial charge in [-0.05, 0) is 58.3 Å². The van der Waals surface area contributed by atoms with Gasteiger partial charge in [0.15, 0.2) is 5.60 Å². The van der Waals surface area contributed by atoms with Crippen LogP contribution in [0.2, 0.25) is 5.02 Å². The number of aromatic nitrogens is 1. The van der Waals surface area contributed by atoms with Crippen molar-refractivity contribution in [3.63, 3.8) is 0 Å². The lowest BCUT2D eigenvalue weighted by Crippen LogP contribution is -2.37. The number of hydrogen-bond donors (Lipinski definition) is 4. The fraction of sp³-hybridized carbons (Fsp3) is 0.194. The summed E-state index contributed by atoms with van der Waals surface area (Å²) < 4.78 is 1.59. The molecular weight excluding hydrogens is 510 g/mol. The molecule has 1 heterocycles. The molecule has 0 aliphatic rings. The van der Waals surface area contributed by atoms with Gasteiger partial charge in [0.2, 0.25) is 0 Å². The second-order valence-electron chi connectivity index (χ2n) is 9.42. The first-order chi connectivity index (χ1) is 18.7. The molecule has 0 saturated carbocycles. The molecule has 4 aromatic rings. The van der Waals surface area contributed by atoms with Crippen molar-refractivity contribution in [3.8, 4) is 11.1 Å². The molecule has 0 fully saturated rings. The number of nitrogens with zero attached hydrogens (tertiary/aromatic N) is 2. The van der Waals surface area contributed by atoms with Gasteiger partial charge in [-0.15, -0.1) is 0 Å². The standard InChI is InChI=1S/C31H34ClN5O2/c1-4-36(2)29(19-34)31(39,23-10-8-21(9-11-23)20-35-15-14-33)24-12-13-28-27(17-24)26(18-30(38)37(28)3)22-6-5-7-25(32)16-22/h4-13,16-19,35,39H,1,14-15,20,33-34H2,2-3H3/b29-19-. The van der Waals surface area contributed by atoms with Crippen molar-refractivity contribution in [1.82, 2.24) is 14.8 Å². The zero-order chi connectivity index (χ0) is 28.2. The van der Waals surface area contributed by atoms with Crippen molar-refractivity contribution in [2.24, 2.45) is 18.5 Å². The molecule has 0 aliphatic carbocycles. The maximum Gasteiger partial charge on any atom is 0.251 e. The molecule has 8 heteroatoms. The van der Waals surface area contributed by atoms with Gasteiger partial charge < -0.3 is 31.4 Å². The van der Waals surface area contributed by atoms with E-state index in [1.165, 1.54) is 6.20 Å². The Bertz CT molecular complexity index is 1580. The third kappa shape index (κ3) is 5.48. The van der Waals surface area contributed by atoms with E-state index < -0.39 is 5.60 Å². The maximum atomic E-state index is 12.8. The number of benzene rings is 3. The minimum absolute atomic E-state index is 0.145. The monoisotopic (exact) mass is 543 g/mol. The Morgan fingerprint density at radius 2 is 1.85 bits per heavy atom. The topological polar surface area (TPSA) is 110 Å². The van der Waals surface area contributed by atoms with Gasteiger partial charge in [0, 0.05) is 56.4 Å². The molecule has 1 aromatic heterocycles. The number of nitrogens with two attached hydrogens (primary N) is 2. The van der Waals surface area contributed by atoms with Gasteiger partial charge >= 0.3 is 0 Å². The second kappa shape index (κ2) is 11.9. The Morgan fingerprint density at radius 1 is 1.13 bits per heavy atom. The van der Waals surface area contributed by atoms with Crippen LogP contribution >= 0.6 is 11.6 Å². The quantitative estimate of drug-likeness (QED) is 0.225. The Kier molecular flexibility index (Phi) is 8.57. The summed E-state index contributed by atoms with van der Waals surface area (Å²) in [6, 6.07) is 22.2. The molecule has 0 spiro atoms. The van der Waals surface area contributed by atoms with Gasteiger partial charge in [-0.25, -0.2) is 0 Å². The molecule has 0 aliphatic heterocycles. The zero-order valence-electron chi connectivity index (χ0n) is 22.2. The van der Waals surface area contributed by atoms with Crippen LogP contribution in [0.1, 0.15) is 16.7 Å². The van der Waals surface area contributed by atoms with Crippen LogP contribution in [0.5, 0.6) is 0 Å². The first-order valence-corrected chi connectivity index (χ1v) is 13.0. The van der Waals surface area contributed by atoms with Crippen molar-refractivity contribution < 1.29 is 5.11 Å². The highest BCUT2D eigenvalue weighted by Gasteiger charge is 2.38. The van der Waals surface area contributed by atoms with E-state index in [-0.39, 0.29) is 5.56 Å². The van der Waals surface area contributed by atoms with Crippen molar-refractivity contribution in [3.05, 3.63) is 130 Å². The molecule has 1 unspecified atom stereocenters. The van der Waals surface area contributed by atoms with E-state index in [1.807, 2.05) is 60.7 Å². The Balaban J connectivity index is 1.96. The summed E-state index contributed by atoms with van der Waals surface area (Å²) in [4.78, 5) is 14.5. The summed E-state index contributed by atoms with van der Waals surface area (Å²) in [5.41, 5.74) is 14.9. The van der Waals surface area contributed by atoms with E-state index >= 15 is 0 Å². The van der Waals surface area contributed by atoms with E-state index in [0.29, 0.717) is 41.5 Å². The second-order valence-corrected chi connectivity index (χ2v) is 9.85. The fourth-order valence-corrected chi connectivity index (χ4v) is 5.02. The van der Waals surface area contributed by atoms with Crippen LogP contribution in [0.15, 0.2) is 102 Å². The highest BCUT2D eigenvalue weighted by molar-refractivity contribution is 6.30.